The molecule has 2 N–H and O–H groups in total. The van der Waals surface area contributed by atoms with Crippen molar-refractivity contribution in [2.24, 2.45) is 5.41 Å². The fraction of sp³-hybridized carbons (Fsp3) is 0.276. The van der Waals surface area contributed by atoms with Gasteiger partial charge in [0.2, 0.25) is 0 Å². The summed E-state index contributed by atoms with van der Waals surface area (Å²) in [4.78, 5) is 37.0. The normalized spacial score (nSPS) is 14.5. The van der Waals surface area contributed by atoms with Gasteiger partial charge in [-0.25, -0.2) is 0 Å². The molecule has 1 saturated carbocycles. The van der Waals surface area contributed by atoms with E-state index in [1.165, 1.54) is 5.56 Å². The summed E-state index contributed by atoms with van der Waals surface area (Å²) in [6.45, 7) is 2.08. The van der Waals surface area contributed by atoms with E-state index in [9.17, 15) is 19.5 Å². The van der Waals surface area contributed by atoms with E-state index >= 15 is 0 Å². The van der Waals surface area contributed by atoms with Gasteiger partial charge in [-0.2, -0.15) is 0 Å². The van der Waals surface area contributed by atoms with E-state index < -0.39 is 11.4 Å². The zero-order valence-electron chi connectivity index (χ0n) is 19.3. The number of carboxylic acids is 1. The summed E-state index contributed by atoms with van der Waals surface area (Å²) in [5.41, 5.74) is 4.04. The van der Waals surface area contributed by atoms with Crippen LogP contribution < -0.4 is 5.32 Å². The zero-order chi connectivity index (χ0) is 24.1. The molecule has 5 nitrogen and oxygen atoms in total. The highest BCUT2D eigenvalue weighted by Crippen LogP contribution is 2.42. The molecule has 1 amide bonds. The maximum Gasteiger partial charge on any atom is 0.310 e. The number of aryl methyl sites for hydroxylation is 1. The van der Waals surface area contributed by atoms with Gasteiger partial charge in [0.1, 0.15) is 0 Å². The minimum absolute atomic E-state index is 0.0528. The van der Waals surface area contributed by atoms with E-state index in [2.05, 4.69) is 12.2 Å². The smallest absolute Gasteiger partial charge is 0.310 e. The molecule has 174 valence electrons. The third kappa shape index (κ3) is 5.09. The number of Topliss-reactive ketones (excluding diaryl/α,β-unsaturated/α-hetero) is 1. The van der Waals surface area contributed by atoms with Crippen molar-refractivity contribution in [2.75, 3.05) is 5.32 Å². The molecule has 0 bridgehead atoms. The maximum atomic E-state index is 12.8. The molecule has 34 heavy (non-hydrogen) atoms. The average Bonchev–Trinajstić information content (AvgIpc) is 3.34. The number of benzene rings is 3. The van der Waals surface area contributed by atoms with Crippen LogP contribution in [0.25, 0.3) is 11.1 Å². The molecular weight excluding hydrogens is 426 g/mol. The second kappa shape index (κ2) is 10.0. The van der Waals surface area contributed by atoms with Crippen LogP contribution in [0.5, 0.6) is 0 Å². The van der Waals surface area contributed by atoms with Gasteiger partial charge < -0.3 is 10.4 Å². The number of hydrogen-bond acceptors (Lipinski definition) is 3. The number of amides is 1. The van der Waals surface area contributed by atoms with Crippen molar-refractivity contribution in [1.82, 2.24) is 0 Å². The number of hydrogen-bond donors (Lipinski definition) is 2. The highest BCUT2D eigenvalue weighted by molar-refractivity contribution is 6.04. The zero-order valence-corrected chi connectivity index (χ0v) is 19.3. The lowest BCUT2D eigenvalue weighted by Gasteiger charge is -2.22. The molecule has 1 aliphatic rings. The van der Waals surface area contributed by atoms with E-state index in [0.717, 1.165) is 30.4 Å². The summed E-state index contributed by atoms with van der Waals surface area (Å²) in [7, 11) is 0. The molecule has 1 aliphatic carbocycles. The number of rotatable bonds is 8. The number of nitrogens with one attached hydrogen (secondary N) is 1. The second-order valence-electron chi connectivity index (χ2n) is 9.05. The van der Waals surface area contributed by atoms with Gasteiger partial charge in [0.25, 0.3) is 5.91 Å². The lowest BCUT2D eigenvalue weighted by Crippen LogP contribution is -2.30. The van der Waals surface area contributed by atoms with E-state index in [-0.39, 0.29) is 18.1 Å². The van der Waals surface area contributed by atoms with Crippen molar-refractivity contribution >= 4 is 23.3 Å². The predicted molar refractivity (Wildman–Crippen MR) is 133 cm³/mol. The third-order valence-electron chi connectivity index (χ3n) is 6.82. The first-order valence-corrected chi connectivity index (χ1v) is 11.8. The van der Waals surface area contributed by atoms with Crippen molar-refractivity contribution in [3.63, 3.8) is 0 Å². The summed E-state index contributed by atoms with van der Waals surface area (Å²) in [6, 6.07) is 22.4. The van der Waals surface area contributed by atoms with Crippen LogP contribution in [0.2, 0.25) is 0 Å². The Morgan fingerprint density at radius 2 is 1.32 bits per heavy atom. The van der Waals surface area contributed by atoms with Gasteiger partial charge in [0, 0.05) is 23.2 Å². The van der Waals surface area contributed by atoms with Crippen LogP contribution in [0.15, 0.2) is 72.8 Å². The van der Waals surface area contributed by atoms with Gasteiger partial charge in [0.15, 0.2) is 5.78 Å². The molecule has 0 spiro atoms. The number of anilines is 1. The van der Waals surface area contributed by atoms with Gasteiger partial charge in [-0.05, 0) is 60.2 Å². The fourth-order valence-electron chi connectivity index (χ4n) is 4.62. The first-order valence-electron chi connectivity index (χ1n) is 11.8. The summed E-state index contributed by atoms with van der Waals surface area (Å²) in [6.07, 6.45) is 3.84. The molecule has 0 radical (unpaired) electrons. The molecular formula is C29H29NO4. The average molecular weight is 456 g/mol. The summed E-state index contributed by atoms with van der Waals surface area (Å²) in [5.74, 6) is -1.14. The Labute approximate surface area is 199 Å². The number of carboxylic acid groups (broad SMARTS) is 1. The SMILES string of the molecule is CCc1ccc(C(=O)Nc2ccc(-c3ccc(C(=O)CC4(C(=O)O)CCCC4)cc3)cc2)cc1. The van der Waals surface area contributed by atoms with Crippen LogP contribution in [0.3, 0.4) is 0 Å². The second-order valence-corrected chi connectivity index (χ2v) is 9.05. The monoisotopic (exact) mass is 455 g/mol. The number of aliphatic carboxylic acids is 1. The number of ketones is 1. The Balaban J connectivity index is 1.40. The largest absolute Gasteiger partial charge is 0.481 e. The van der Waals surface area contributed by atoms with Gasteiger partial charge in [-0.1, -0.05) is 68.3 Å². The van der Waals surface area contributed by atoms with E-state index in [1.807, 2.05) is 60.7 Å². The molecule has 5 heteroatoms. The Bertz CT molecular complexity index is 1170. The molecule has 4 rings (SSSR count). The summed E-state index contributed by atoms with van der Waals surface area (Å²) < 4.78 is 0. The van der Waals surface area contributed by atoms with Crippen molar-refractivity contribution in [3.8, 4) is 11.1 Å². The lowest BCUT2D eigenvalue weighted by atomic mass is 9.80. The molecule has 3 aromatic rings. The topological polar surface area (TPSA) is 83.5 Å². The molecule has 0 saturated heterocycles. The quantitative estimate of drug-likeness (QED) is 0.386. The minimum Gasteiger partial charge on any atom is -0.481 e. The van der Waals surface area contributed by atoms with E-state index in [0.29, 0.717) is 29.7 Å². The maximum absolute atomic E-state index is 12.8. The molecule has 0 unspecified atom stereocenters. The van der Waals surface area contributed by atoms with Gasteiger partial charge in [-0.3, -0.25) is 14.4 Å². The van der Waals surface area contributed by atoms with Crippen molar-refractivity contribution in [2.45, 2.75) is 45.4 Å². The first-order chi connectivity index (χ1) is 16.4. The van der Waals surface area contributed by atoms with Crippen LogP contribution in [0, 0.1) is 5.41 Å². The molecule has 0 atom stereocenters. The molecule has 3 aromatic carbocycles. The van der Waals surface area contributed by atoms with Gasteiger partial charge in [0.05, 0.1) is 5.41 Å². The first kappa shape index (κ1) is 23.4. The fourth-order valence-corrected chi connectivity index (χ4v) is 4.62. The minimum atomic E-state index is -0.909. The van der Waals surface area contributed by atoms with Crippen molar-refractivity contribution < 1.29 is 19.5 Å². The molecule has 0 heterocycles. The Kier molecular flexibility index (Phi) is 6.92. The Morgan fingerprint density at radius 1 is 0.794 bits per heavy atom. The number of carbonyl (C=O) groups is 3. The Morgan fingerprint density at radius 3 is 1.85 bits per heavy atom. The van der Waals surface area contributed by atoms with Gasteiger partial charge in [-0.15, -0.1) is 0 Å². The van der Waals surface area contributed by atoms with Crippen LogP contribution in [0.4, 0.5) is 5.69 Å². The van der Waals surface area contributed by atoms with E-state index in [4.69, 9.17) is 0 Å². The highest BCUT2D eigenvalue weighted by atomic mass is 16.4. The molecule has 1 fully saturated rings. The third-order valence-corrected chi connectivity index (χ3v) is 6.82. The van der Waals surface area contributed by atoms with Crippen LogP contribution in [-0.2, 0) is 11.2 Å². The molecule has 0 aliphatic heterocycles. The Hall–Kier alpha value is -3.73. The van der Waals surface area contributed by atoms with E-state index in [1.54, 1.807) is 12.1 Å². The summed E-state index contributed by atoms with van der Waals surface area (Å²) in [5, 5.41) is 12.6. The lowest BCUT2D eigenvalue weighted by molar-refractivity contribution is -0.148. The van der Waals surface area contributed by atoms with Crippen LogP contribution in [-0.4, -0.2) is 22.8 Å². The van der Waals surface area contributed by atoms with Crippen molar-refractivity contribution in [1.29, 1.82) is 0 Å². The predicted octanol–water partition coefficient (Wildman–Crippen LogP) is 6.39. The van der Waals surface area contributed by atoms with Crippen molar-refractivity contribution in [3.05, 3.63) is 89.5 Å². The standard InChI is InChI=1S/C29H29NO4/c1-2-20-5-7-24(8-6-20)27(32)30-25-15-13-22(14-16-25)21-9-11-23(12-10-21)26(31)19-29(28(33)34)17-3-4-18-29/h5-16H,2-4,17-19H2,1H3,(H,30,32)(H,33,34). The van der Waals surface area contributed by atoms with Gasteiger partial charge >= 0.3 is 5.97 Å². The molecule has 0 aromatic heterocycles. The highest BCUT2D eigenvalue weighted by Gasteiger charge is 2.42. The van der Waals surface area contributed by atoms with Crippen LogP contribution >= 0.6 is 0 Å². The number of carbonyl (C=O) groups excluding carboxylic acids is 2. The summed E-state index contributed by atoms with van der Waals surface area (Å²) >= 11 is 0. The van der Waals surface area contributed by atoms with Crippen LogP contribution in [0.1, 0.15) is 65.3 Å².